The maximum absolute atomic E-state index is 6.00. The molecule has 1 saturated heterocycles. The van der Waals surface area contributed by atoms with E-state index in [1.54, 1.807) is 0 Å². The molecule has 0 amide bonds. The molecule has 1 aromatic rings. The summed E-state index contributed by atoms with van der Waals surface area (Å²) in [5.41, 5.74) is 7.66. The zero-order valence-corrected chi connectivity index (χ0v) is 12.4. The molecule has 0 unspecified atom stereocenters. The van der Waals surface area contributed by atoms with Gasteiger partial charge in [0.2, 0.25) is 0 Å². The van der Waals surface area contributed by atoms with Gasteiger partial charge in [-0.15, -0.1) is 0 Å². The summed E-state index contributed by atoms with van der Waals surface area (Å²) in [6, 6.07) is 5.79. The predicted octanol–water partition coefficient (Wildman–Crippen LogP) is 2.52. The van der Waals surface area contributed by atoms with Crippen LogP contribution in [0.2, 0.25) is 0 Å². The number of nitrogens with two attached hydrogens (primary N) is 1. The first kappa shape index (κ1) is 14.4. The maximum Gasteiger partial charge on any atom is 0.304 e. The lowest BCUT2D eigenvalue weighted by Crippen LogP contribution is -2.23. The Morgan fingerprint density at radius 2 is 2.05 bits per heavy atom. The number of hydrogen-bond donors (Lipinski definition) is 1. The van der Waals surface area contributed by atoms with Crippen LogP contribution in [-0.4, -0.2) is 25.7 Å². The van der Waals surface area contributed by atoms with E-state index in [-0.39, 0.29) is 0 Å². The van der Waals surface area contributed by atoms with Gasteiger partial charge in [0.1, 0.15) is 11.6 Å². The molecule has 0 aromatic heterocycles. The van der Waals surface area contributed by atoms with Crippen molar-refractivity contribution in [3.05, 3.63) is 29.3 Å². The van der Waals surface area contributed by atoms with Gasteiger partial charge in [0.15, 0.2) is 0 Å². The third kappa shape index (κ3) is 2.63. The van der Waals surface area contributed by atoms with Crippen LogP contribution in [0.1, 0.15) is 43.7 Å². The van der Waals surface area contributed by atoms with Crippen molar-refractivity contribution in [2.75, 3.05) is 19.8 Å². The normalized spacial score (nSPS) is 18.8. The molecule has 2 heterocycles. The minimum Gasteiger partial charge on any atom is -0.493 e. The van der Waals surface area contributed by atoms with E-state index in [0.29, 0.717) is 25.7 Å². The van der Waals surface area contributed by atoms with Crippen molar-refractivity contribution in [3.63, 3.8) is 0 Å². The molecule has 2 aliphatic rings. The molecule has 0 bridgehead atoms. The third-order valence-electron chi connectivity index (χ3n) is 3.82. The number of aliphatic imine (C=N–C) groups is 1. The van der Waals surface area contributed by atoms with E-state index >= 15 is 0 Å². The third-order valence-corrected chi connectivity index (χ3v) is 3.82. The van der Waals surface area contributed by atoms with E-state index in [1.165, 1.54) is 19.3 Å². The second-order valence-electron chi connectivity index (χ2n) is 5.36. The lowest BCUT2D eigenvalue weighted by molar-refractivity contribution is -0.156. The van der Waals surface area contributed by atoms with E-state index in [9.17, 15) is 0 Å². The van der Waals surface area contributed by atoms with E-state index in [0.717, 1.165) is 23.3 Å². The smallest absolute Gasteiger partial charge is 0.304 e. The molecule has 0 saturated carbocycles. The molecule has 5 heteroatoms. The summed E-state index contributed by atoms with van der Waals surface area (Å²) in [5, 5.41) is 0. The van der Waals surface area contributed by atoms with E-state index in [2.05, 4.69) is 11.9 Å². The minimum atomic E-state index is -1.08. The Labute approximate surface area is 125 Å². The number of nitrogens with zero attached hydrogens (tertiary/aromatic N) is 1. The molecule has 5 nitrogen and oxygen atoms in total. The summed E-state index contributed by atoms with van der Waals surface area (Å²) in [6.07, 6.45) is 4.68. The Hall–Kier alpha value is -1.59. The monoisotopic (exact) mass is 290 g/mol. The van der Waals surface area contributed by atoms with Crippen molar-refractivity contribution in [3.8, 4) is 5.75 Å². The standard InChI is InChI=1S/C16H22N2O3/c1-2-3-4-5-9-19-13-8-6-7-12-14(13)16(18-15(12)17)20-10-11-21-16/h6-8H,2-5,9-11H2,1H3,(H2,17,18). The molecule has 0 aliphatic carbocycles. The highest BCUT2D eigenvalue weighted by Gasteiger charge is 2.47. The first-order valence-corrected chi connectivity index (χ1v) is 7.67. The molecular weight excluding hydrogens is 268 g/mol. The molecule has 2 aliphatic heterocycles. The van der Waals surface area contributed by atoms with E-state index in [4.69, 9.17) is 19.9 Å². The van der Waals surface area contributed by atoms with Gasteiger partial charge in [0.25, 0.3) is 0 Å². The van der Waals surface area contributed by atoms with E-state index in [1.807, 2.05) is 18.2 Å². The molecule has 0 atom stereocenters. The minimum absolute atomic E-state index is 0.448. The molecule has 114 valence electrons. The van der Waals surface area contributed by atoms with Crippen molar-refractivity contribution in [1.29, 1.82) is 0 Å². The Morgan fingerprint density at radius 1 is 1.24 bits per heavy atom. The second kappa shape index (κ2) is 6.03. The van der Waals surface area contributed by atoms with Gasteiger partial charge in [0, 0.05) is 5.56 Å². The number of ether oxygens (including phenoxy) is 3. The van der Waals surface area contributed by atoms with Crippen LogP contribution >= 0.6 is 0 Å². The molecular formula is C16H22N2O3. The van der Waals surface area contributed by atoms with Gasteiger partial charge in [-0.3, -0.25) is 0 Å². The highest BCUT2D eigenvalue weighted by Crippen LogP contribution is 2.44. The van der Waals surface area contributed by atoms with Crippen LogP contribution in [0.4, 0.5) is 0 Å². The Balaban J connectivity index is 1.78. The molecule has 3 rings (SSSR count). The summed E-state index contributed by atoms with van der Waals surface area (Å²) in [6.45, 7) is 3.91. The fourth-order valence-corrected chi connectivity index (χ4v) is 2.79. The van der Waals surface area contributed by atoms with Crippen LogP contribution in [0, 0.1) is 0 Å². The Bertz CT molecular complexity index is 536. The summed E-state index contributed by atoms with van der Waals surface area (Å²) in [7, 11) is 0. The van der Waals surface area contributed by atoms with E-state index < -0.39 is 5.91 Å². The summed E-state index contributed by atoms with van der Waals surface area (Å²) < 4.78 is 17.4. The highest BCUT2D eigenvalue weighted by atomic mass is 16.8. The number of benzene rings is 1. The average Bonchev–Trinajstić information content (AvgIpc) is 3.06. The molecule has 1 aromatic carbocycles. The second-order valence-corrected chi connectivity index (χ2v) is 5.36. The summed E-state index contributed by atoms with van der Waals surface area (Å²) in [5.74, 6) is 0.123. The molecule has 2 N–H and O–H groups in total. The van der Waals surface area contributed by atoms with Crippen molar-refractivity contribution < 1.29 is 14.2 Å². The van der Waals surface area contributed by atoms with Gasteiger partial charge in [-0.25, -0.2) is 4.99 Å². The first-order chi connectivity index (χ1) is 10.3. The summed E-state index contributed by atoms with van der Waals surface area (Å²) >= 11 is 0. The van der Waals surface area contributed by atoms with Crippen molar-refractivity contribution >= 4 is 5.84 Å². The van der Waals surface area contributed by atoms with Crippen LogP contribution < -0.4 is 10.5 Å². The number of hydrogen-bond acceptors (Lipinski definition) is 5. The van der Waals surface area contributed by atoms with Crippen LogP contribution in [-0.2, 0) is 15.4 Å². The lowest BCUT2D eigenvalue weighted by atomic mass is 10.1. The summed E-state index contributed by atoms with van der Waals surface area (Å²) in [4.78, 5) is 4.38. The van der Waals surface area contributed by atoms with Crippen LogP contribution in [0.25, 0.3) is 0 Å². The van der Waals surface area contributed by atoms with Gasteiger partial charge < -0.3 is 19.9 Å². The molecule has 0 radical (unpaired) electrons. The quantitative estimate of drug-likeness (QED) is 0.818. The van der Waals surface area contributed by atoms with Gasteiger partial charge >= 0.3 is 5.91 Å². The van der Waals surface area contributed by atoms with Crippen LogP contribution in [0.3, 0.4) is 0 Å². The van der Waals surface area contributed by atoms with Gasteiger partial charge in [0.05, 0.1) is 25.4 Å². The zero-order valence-electron chi connectivity index (χ0n) is 12.4. The Morgan fingerprint density at radius 3 is 2.81 bits per heavy atom. The lowest BCUT2D eigenvalue weighted by Gasteiger charge is -2.22. The SMILES string of the molecule is CCCCCCOc1cccc2c1C1(N=C2N)OCCO1. The van der Waals surface area contributed by atoms with Crippen LogP contribution in [0.15, 0.2) is 23.2 Å². The molecule has 1 spiro atoms. The van der Waals surface area contributed by atoms with Crippen LogP contribution in [0.5, 0.6) is 5.75 Å². The van der Waals surface area contributed by atoms with Gasteiger partial charge in [-0.05, 0) is 12.5 Å². The van der Waals surface area contributed by atoms with Gasteiger partial charge in [-0.1, -0.05) is 38.3 Å². The number of fused-ring (bicyclic) bond motifs is 2. The fourth-order valence-electron chi connectivity index (χ4n) is 2.79. The largest absolute Gasteiger partial charge is 0.493 e. The van der Waals surface area contributed by atoms with Crippen molar-refractivity contribution in [2.24, 2.45) is 10.7 Å². The predicted molar refractivity (Wildman–Crippen MR) is 80.4 cm³/mol. The number of unbranched alkanes of at least 4 members (excludes halogenated alkanes) is 3. The first-order valence-electron chi connectivity index (χ1n) is 7.67. The van der Waals surface area contributed by atoms with Gasteiger partial charge in [-0.2, -0.15) is 0 Å². The number of amidine groups is 1. The fraction of sp³-hybridized carbons (Fsp3) is 0.562. The average molecular weight is 290 g/mol. The number of rotatable bonds is 6. The molecule has 21 heavy (non-hydrogen) atoms. The highest BCUT2D eigenvalue weighted by molar-refractivity contribution is 6.02. The zero-order chi connectivity index (χ0) is 14.7. The molecule has 1 fully saturated rings. The maximum atomic E-state index is 6.00. The Kier molecular flexibility index (Phi) is 4.12. The topological polar surface area (TPSA) is 66.1 Å². The van der Waals surface area contributed by atoms with Crippen molar-refractivity contribution in [2.45, 2.75) is 38.5 Å². The van der Waals surface area contributed by atoms with Crippen molar-refractivity contribution in [1.82, 2.24) is 0 Å².